The van der Waals surface area contributed by atoms with Gasteiger partial charge in [0.15, 0.2) is 0 Å². The molecule has 1 aliphatic rings. The molecule has 7 heteroatoms. The Morgan fingerprint density at radius 2 is 1.81 bits per heavy atom. The van der Waals surface area contributed by atoms with Crippen LogP contribution in [-0.4, -0.2) is 37.7 Å². The van der Waals surface area contributed by atoms with Gasteiger partial charge in [-0.25, -0.2) is 0 Å². The molecule has 0 radical (unpaired) electrons. The smallest absolute Gasteiger partial charge is 0.416 e. The quantitative estimate of drug-likeness (QED) is 0.735. The minimum atomic E-state index is -4.38. The minimum absolute atomic E-state index is 0.102. The molecule has 1 saturated heterocycles. The maximum Gasteiger partial charge on any atom is 0.416 e. The lowest BCUT2D eigenvalue weighted by Gasteiger charge is -2.26. The van der Waals surface area contributed by atoms with Crippen LogP contribution in [0.15, 0.2) is 40.8 Å². The van der Waals surface area contributed by atoms with Crippen molar-refractivity contribution in [2.75, 3.05) is 32.8 Å². The van der Waals surface area contributed by atoms with E-state index in [1.807, 2.05) is 6.07 Å². The van der Waals surface area contributed by atoms with Gasteiger partial charge in [0.2, 0.25) is 0 Å². The molecule has 2 heterocycles. The number of halogens is 3. The number of alkyl halides is 3. The number of rotatable bonds is 7. The first-order chi connectivity index (χ1) is 12.5. The fourth-order valence-corrected chi connectivity index (χ4v) is 2.85. The lowest BCUT2D eigenvalue weighted by Crippen LogP contribution is -2.36. The fourth-order valence-electron chi connectivity index (χ4n) is 2.85. The standard InChI is InChI=1S/C19H22F3NO3/c20-19(21,22)15-3-1-4-17(13-15)25-14-18-7-6-16(26-18)5-2-8-23-9-11-24-12-10-23/h1,3-4,6-7,13H,2,5,8-12,14H2. The predicted octanol–water partition coefficient (Wildman–Crippen LogP) is 4.14. The summed E-state index contributed by atoms with van der Waals surface area (Å²) in [5, 5.41) is 0. The highest BCUT2D eigenvalue weighted by Crippen LogP contribution is 2.31. The number of benzene rings is 1. The Morgan fingerprint density at radius 1 is 1.04 bits per heavy atom. The third-order valence-electron chi connectivity index (χ3n) is 4.26. The average molecular weight is 369 g/mol. The number of nitrogens with zero attached hydrogens (tertiary/aromatic N) is 1. The van der Waals surface area contributed by atoms with E-state index in [-0.39, 0.29) is 12.4 Å². The second-order valence-electron chi connectivity index (χ2n) is 6.24. The maximum atomic E-state index is 12.7. The van der Waals surface area contributed by atoms with Crippen LogP contribution in [0.2, 0.25) is 0 Å². The summed E-state index contributed by atoms with van der Waals surface area (Å²) < 4.78 is 54.6. The van der Waals surface area contributed by atoms with Crippen molar-refractivity contribution in [2.45, 2.75) is 25.6 Å². The van der Waals surface area contributed by atoms with Crippen molar-refractivity contribution in [3.05, 3.63) is 53.5 Å². The molecule has 2 aromatic rings. The van der Waals surface area contributed by atoms with Gasteiger partial charge in [0.1, 0.15) is 23.9 Å². The van der Waals surface area contributed by atoms with Crippen LogP contribution >= 0.6 is 0 Å². The summed E-state index contributed by atoms with van der Waals surface area (Å²) in [6.45, 7) is 4.61. The van der Waals surface area contributed by atoms with Crippen molar-refractivity contribution in [3.8, 4) is 5.75 Å². The second kappa shape index (κ2) is 8.60. The van der Waals surface area contributed by atoms with E-state index in [0.29, 0.717) is 5.76 Å². The van der Waals surface area contributed by atoms with E-state index in [4.69, 9.17) is 13.9 Å². The number of furan rings is 1. The molecule has 1 aromatic carbocycles. The number of hydrogen-bond acceptors (Lipinski definition) is 4. The monoisotopic (exact) mass is 369 g/mol. The van der Waals surface area contributed by atoms with Crippen LogP contribution in [0.25, 0.3) is 0 Å². The first-order valence-corrected chi connectivity index (χ1v) is 8.68. The van der Waals surface area contributed by atoms with Crippen LogP contribution in [0.4, 0.5) is 13.2 Å². The lowest BCUT2D eigenvalue weighted by molar-refractivity contribution is -0.137. The van der Waals surface area contributed by atoms with Gasteiger partial charge < -0.3 is 13.9 Å². The Morgan fingerprint density at radius 3 is 2.58 bits per heavy atom. The summed E-state index contributed by atoms with van der Waals surface area (Å²) in [5.74, 6) is 1.63. The molecule has 0 unspecified atom stereocenters. The Hall–Kier alpha value is -1.99. The second-order valence-corrected chi connectivity index (χ2v) is 6.24. The van der Waals surface area contributed by atoms with Gasteiger partial charge in [-0.1, -0.05) is 6.07 Å². The topological polar surface area (TPSA) is 34.8 Å². The highest BCUT2D eigenvalue weighted by atomic mass is 19.4. The Labute approximate surface area is 150 Å². The van der Waals surface area contributed by atoms with Crippen molar-refractivity contribution in [1.29, 1.82) is 0 Å². The number of ether oxygens (including phenoxy) is 2. The first-order valence-electron chi connectivity index (χ1n) is 8.68. The molecule has 142 valence electrons. The van der Waals surface area contributed by atoms with E-state index in [0.717, 1.165) is 63.6 Å². The van der Waals surface area contributed by atoms with Crippen LogP contribution in [-0.2, 0) is 23.9 Å². The van der Waals surface area contributed by atoms with Crippen LogP contribution in [0.3, 0.4) is 0 Å². The molecule has 26 heavy (non-hydrogen) atoms. The van der Waals surface area contributed by atoms with Gasteiger partial charge in [0, 0.05) is 19.5 Å². The van der Waals surface area contributed by atoms with E-state index < -0.39 is 11.7 Å². The molecule has 3 rings (SSSR count). The summed E-state index contributed by atoms with van der Waals surface area (Å²) in [4.78, 5) is 2.37. The molecule has 0 bridgehead atoms. The maximum absolute atomic E-state index is 12.7. The van der Waals surface area contributed by atoms with E-state index in [1.165, 1.54) is 12.1 Å². The van der Waals surface area contributed by atoms with Crippen molar-refractivity contribution >= 4 is 0 Å². The van der Waals surface area contributed by atoms with Gasteiger partial charge in [0.05, 0.1) is 18.8 Å². The molecule has 0 N–H and O–H groups in total. The summed E-state index contributed by atoms with van der Waals surface area (Å²) in [6, 6.07) is 8.54. The molecule has 1 aliphatic heterocycles. The van der Waals surface area contributed by atoms with E-state index in [1.54, 1.807) is 6.07 Å². The Kier molecular flexibility index (Phi) is 6.21. The summed E-state index contributed by atoms with van der Waals surface area (Å²) in [6.07, 6.45) is -2.57. The third kappa shape index (κ3) is 5.51. The minimum Gasteiger partial charge on any atom is -0.486 e. The molecule has 0 amide bonds. The van der Waals surface area contributed by atoms with Crippen molar-refractivity contribution in [3.63, 3.8) is 0 Å². The molecular weight excluding hydrogens is 347 g/mol. The largest absolute Gasteiger partial charge is 0.486 e. The van der Waals surface area contributed by atoms with Crippen LogP contribution in [0.5, 0.6) is 5.75 Å². The normalized spacial score (nSPS) is 16.0. The molecule has 4 nitrogen and oxygen atoms in total. The van der Waals surface area contributed by atoms with Gasteiger partial charge in [-0.05, 0) is 43.3 Å². The number of aryl methyl sites for hydroxylation is 1. The van der Waals surface area contributed by atoms with Gasteiger partial charge in [-0.2, -0.15) is 13.2 Å². The average Bonchev–Trinajstić information content (AvgIpc) is 3.08. The van der Waals surface area contributed by atoms with Gasteiger partial charge in [-0.15, -0.1) is 0 Å². The van der Waals surface area contributed by atoms with Crippen molar-refractivity contribution in [2.24, 2.45) is 0 Å². The summed E-state index contributed by atoms with van der Waals surface area (Å²) >= 11 is 0. The third-order valence-corrected chi connectivity index (χ3v) is 4.26. The highest BCUT2D eigenvalue weighted by Gasteiger charge is 2.30. The highest BCUT2D eigenvalue weighted by molar-refractivity contribution is 5.30. The van der Waals surface area contributed by atoms with E-state index in [2.05, 4.69) is 4.90 Å². The molecular formula is C19H22F3NO3. The number of morpholine rings is 1. The van der Waals surface area contributed by atoms with Gasteiger partial charge in [0.25, 0.3) is 0 Å². The van der Waals surface area contributed by atoms with Crippen molar-refractivity contribution < 1.29 is 27.1 Å². The molecule has 1 fully saturated rings. The number of hydrogen-bond donors (Lipinski definition) is 0. The Balaban J connectivity index is 1.45. The molecule has 1 aromatic heterocycles. The van der Waals surface area contributed by atoms with Crippen LogP contribution in [0.1, 0.15) is 23.5 Å². The molecule has 0 aliphatic carbocycles. The fraction of sp³-hybridized carbons (Fsp3) is 0.474. The SMILES string of the molecule is FC(F)(F)c1cccc(OCc2ccc(CCCN3CCOCC3)o2)c1. The zero-order valence-corrected chi connectivity index (χ0v) is 14.4. The van der Waals surface area contributed by atoms with Crippen LogP contribution < -0.4 is 4.74 Å². The first kappa shape index (κ1) is 18.8. The zero-order chi connectivity index (χ0) is 18.4. The predicted molar refractivity (Wildman–Crippen MR) is 90.1 cm³/mol. The zero-order valence-electron chi connectivity index (χ0n) is 14.4. The van der Waals surface area contributed by atoms with Crippen molar-refractivity contribution in [1.82, 2.24) is 4.90 Å². The van der Waals surface area contributed by atoms with Gasteiger partial charge in [-0.3, -0.25) is 4.90 Å². The van der Waals surface area contributed by atoms with Gasteiger partial charge >= 0.3 is 6.18 Å². The van der Waals surface area contributed by atoms with E-state index >= 15 is 0 Å². The molecule has 0 spiro atoms. The lowest BCUT2D eigenvalue weighted by atomic mass is 10.2. The van der Waals surface area contributed by atoms with E-state index in [9.17, 15) is 13.2 Å². The molecule has 0 saturated carbocycles. The van der Waals surface area contributed by atoms with Crippen LogP contribution in [0, 0.1) is 0 Å². The summed E-state index contributed by atoms with van der Waals surface area (Å²) in [5.41, 5.74) is -0.724. The Bertz CT molecular complexity index is 693. The summed E-state index contributed by atoms with van der Waals surface area (Å²) in [7, 11) is 0. The molecule has 0 atom stereocenters.